The predicted octanol–water partition coefficient (Wildman–Crippen LogP) is 1.74. The average molecular weight is 348 g/mol. The summed E-state index contributed by atoms with van der Waals surface area (Å²) in [6.07, 6.45) is 0. The molecule has 0 aromatic heterocycles. The summed E-state index contributed by atoms with van der Waals surface area (Å²) in [5, 5.41) is 43.2. The fourth-order valence-electron chi connectivity index (χ4n) is 2.93. The molecular weight excluding hydrogens is 336 g/mol. The fourth-order valence-corrected chi connectivity index (χ4v) is 2.93. The van der Waals surface area contributed by atoms with E-state index in [4.69, 9.17) is 10.5 Å². The molecule has 1 aliphatic rings. The van der Waals surface area contributed by atoms with E-state index >= 15 is 0 Å². The number of hydrogen-bond acceptors (Lipinski definition) is 8. The quantitative estimate of drug-likeness (QED) is 0.412. The number of carbonyl (C=O) groups is 2. The van der Waals surface area contributed by atoms with Gasteiger partial charge in [-0.3, -0.25) is 9.59 Å². The molecule has 0 unspecified atom stereocenters. The Labute approximate surface area is 147 Å². The summed E-state index contributed by atoms with van der Waals surface area (Å²) in [5.74, 6) is -2.10. The van der Waals surface area contributed by atoms with Crippen LogP contribution in [-0.2, 0) is 0 Å². The first-order chi connectivity index (χ1) is 12.5. The maximum absolute atomic E-state index is 13.0. The van der Waals surface area contributed by atoms with Gasteiger partial charge in [-0.2, -0.15) is 10.5 Å². The van der Waals surface area contributed by atoms with Crippen LogP contribution >= 0.6 is 0 Å². The lowest BCUT2D eigenvalue weighted by molar-refractivity contribution is 0.0975. The molecule has 8 heteroatoms. The van der Waals surface area contributed by atoms with Crippen LogP contribution < -0.4 is 10.6 Å². The smallest absolute Gasteiger partial charge is 0.200 e. The lowest BCUT2D eigenvalue weighted by Crippen LogP contribution is -2.24. The van der Waals surface area contributed by atoms with E-state index in [0.29, 0.717) is 0 Å². The molecule has 26 heavy (non-hydrogen) atoms. The zero-order valence-electron chi connectivity index (χ0n) is 13.3. The maximum Gasteiger partial charge on any atom is 0.200 e. The summed E-state index contributed by atoms with van der Waals surface area (Å²) < 4.78 is 0. The zero-order valence-corrected chi connectivity index (χ0v) is 13.3. The topological polar surface area (TPSA) is 146 Å². The van der Waals surface area contributed by atoms with Crippen molar-refractivity contribution in [3.05, 3.63) is 46.5 Å². The minimum Gasteiger partial charge on any atom is -0.507 e. The van der Waals surface area contributed by atoms with Gasteiger partial charge in [-0.25, -0.2) is 0 Å². The summed E-state index contributed by atoms with van der Waals surface area (Å²) in [7, 11) is 0. The van der Waals surface area contributed by atoms with E-state index in [-0.39, 0.29) is 58.2 Å². The molecule has 0 bridgehead atoms. The highest BCUT2D eigenvalue weighted by Crippen LogP contribution is 2.42. The number of nitrogens with zero attached hydrogens (tertiary/aromatic N) is 2. The highest BCUT2D eigenvalue weighted by Gasteiger charge is 2.37. The van der Waals surface area contributed by atoms with Gasteiger partial charge in [0.05, 0.1) is 34.4 Å². The van der Waals surface area contributed by atoms with Crippen molar-refractivity contribution >= 4 is 22.9 Å². The molecular formula is C18H12N4O4. The third kappa shape index (κ3) is 2.46. The van der Waals surface area contributed by atoms with Crippen LogP contribution in [0.2, 0.25) is 0 Å². The second-order valence-electron chi connectivity index (χ2n) is 5.45. The van der Waals surface area contributed by atoms with Crippen LogP contribution in [-0.4, -0.2) is 34.9 Å². The van der Waals surface area contributed by atoms with Crippen LogP contribution in [0.25, 0.3) is 0 Å². The molecule has 0 amide bonds. The van der Waals surface area contributed by atoms with Crippen LogP contribution in [0.5, 0.6) is 11.5 Å². The molecule has 0 heterocycles. The van der Waals surface area contributed by atoms with Crippen molar-refractivity contribution in [2.24, 2.45) is 0 Å². The number of benzene rings is 2. The summed E-state index contributed by atoms with van der Waals surface area (Å²) in [4.78, 5) is 26.0. The second-order valence-corrected chi connectivity index (χ2v) is 5.45. The molecule has 0 spiro atoms. The summed E-state index contributed by atoms with van der Waals surface area (Å²) >= 11 is 0. The van der Waals surface area contributed by atoms with Crippen molar-refractivity contribution in [3.8, 4) is 23.6 Å². The Morgan fingerprint density at radius 3 is 1.46 bits per heavy atom. The van der Waals surface area contributed by atoms with Crippen LogP contribution in [0, 0.1) is 22.7 Å². The largest absolute Gasteiger partial charge is 0.507 e. The number of nitriles is 2. The van der Waals surface area contributed by atoms with Crippen molar-refractivity contribution < 1.29 is 19.8 Å². The number of aromatic hydroxyl groups is 2. The van der Waals surface area contributed by atoms with Crippen molar-refractivity contribution in [1.29, 1.82) is 10.5 Å². The van der Waals surface area contributed by atoms with E-state index in [1.54, 1.807) is 0 Å². The van der Waals surface area contributed by atoms with Gasteiger partial charge in [0, 0.05) is 11.4 Å². The molecule has 2 aromatic carbocycles. The molecule has 128 valence electrons. The molecule has 0 atom stereocenters. The Balaban J connectivity index is 2.27. The highest BCUT2D eigenvalue weighted by molar-refractivity contribution is 6.33. The van der Waals surface area contributed by atoms with Crippen molar-refractivity contribution in [2.75, 3.05) is 23.7 Å². The summed E-state index contributed by atoms with van der Waals surface area (Å²) in [6, 6.07) is 9.00. The van der Waals surface area contributed by atoms with Crippen molar-refractivity contribution in [2.45, 2.75) is 0 Å². The predicted molar refractivity (Wildman–Crippen MR) is 91.3 cm³/mol. The van der Waals surface area contributed by atoms with E-state index in [0.717, 1.165) is 0 Å². The number of phenolic OH excluding ortho intramolecular Hbond substituents is 2. The molecule has 8 nitrogen and oxygen atoms in total. The number of phenols is 2. The second kappa shape index (κ2) is 6.46. The molecule has 0 aliphatic heterocycles. The Morgan fingerprint density at radius 2 is 1.12 bits per heavy atom. The Kier molecular flexibility index (Phi) is 4.17. The van der Waals surface area contributed by atoms with Crippen molar-refractivity contribution in [3.63, 3.8) is 0 Å². The van der Waals surface area contributed by atoms with Crippen LogP contribution in [0.15, 0.2) is 24.3 Å². The Bertz CT molecular complexity index is 947. The third-order valence-electron chi connectivity index (χ3n) is 3.99. The van der Waals surface area contributed by atoms with Gasteiger partial charge in [0.2, 0.25) is 11.6 Å². The molecule has 1 aliphatic carbocycles. The van der Waals surface area contributed by atoms with E-state index in [1.807, 2.05) is 12.1 Å². The fraction of sp³-hybridized carbons (Fsp3) is 0.111. The van der Waals surface area contributed by atoms with Gasteiger partial charge < -0.3 is 20.8 Å². The number of fused-ring (bicyclic) bond motifs is 2. The first-order valence-electron chi connectivity index (χ1n) is 7.54. The minimum atomic E-state index is -0.663. The number of ketones is 2. The lowest BCUT2D eigenvalue weighted by atomic mass is 9.81. The molecule has 4 N–H and O–H groups in total. The lowest BCUT2D eigenvalue weighted by Gasteiger charge is -2.23. The molecule has 0 saturated heterocycles. The number of anilines is 2. The van der Waals surface area contributed by atoms with Gasteiger partial charge in [0.1, 0.15) is 24.6 Å². The SMILES string of the molecule is N#CCNc1ccc(O)c2c1C(=O)c1c(O)ccc(NCC#N)c1C2=O. The van der Waals surface area contributed by atoms with Crippen LogP contribution in [0.3, 0.4) is 0 Å². The van der Waals surface area contributed by atoms with Gasteiger partial charge in [-0.15, -0.1) is 0 Å². The van der Waals surface area contributed by atoms with E-state index in [1.165, 1.54) is 24.3 Å². The van der Waals surface area contributed by atoms with E-state index in [2.05, 4.69) is 10.6 Å². The minimum absolute atomic E-state index is 0.106. The van der Waals surface area contributed by atoms with E-state index in [9.17, 15) is 19.8 Å². The summed E-state index contributed by atoms with van der Waals surface area (Å²) in [5.41, 5.74) is -0.223. The molecule has 2 aromatic rings. The highest BCUT2D eigenvalue weighted by atomic mass is 16.3. The average Bonchev–Trinajstić information content (AvgIpc) is 2.63. The van der Waals surface area contributed by atoms with Gasteiger partial charge >= 0.3 is 0 Å². The first kappa shape index (κ1) is 16.8. The number of carbonyl (C=O) groups excluding carboxylic acids is 2. The molecule has 0 fully saturated rings. The number of nitrogens with one attached hydrogen (secondary N) is 2. The van der Waals surface area contributed by atoms with Gasteiger partial charge in [-0.05, 0) is 24.3 Å². The molecule has 0 saturated carbocycles. The standard InChI is InChI=1S/C18H12N4O4/c19-5-7-21-9-1-3-11(23)15-13(9)17(25)16-12(24)4-2-10(22-8-6-20)14(16)18(15)26/h1-4,21-24H,7-8H2. The van der Waals surface area contributed by atoms with Gasteiger partial charge in [0.15, 0.2) is 0 Å². The maximum atomic E-state index is 13.0. The third-order valence-corrected chi connectivity index (χ3v) is 3.99. The monoisotopic (exact) mass is 348 g/mol. The molecule has 0 radical (unpaired) electrons. The first-order valence-corrected chi connectivity index (χ1v) is 7.54. The van der Waals surface area contributed by atoms with Gasteiger partial charge in [0.25, 0.3) is 0 Å². The Hall–Kier alpha value is -4.04. The van der Waals surface area contributed by atoms with E-state index < -0.39 is 11.6 Å². The Morgan fingerprint density at radius 1 is 0.731 bits per heavy atom. The zero-order chi connectivity index (χ0) is 18.8. The van der Waals surface area contributed by atoms with Crippen LogP contribution in [0.1, 0.15) is 31.8 Å². The molecule has 3 rings (SSSR count). The summed E-state index contributed by atoms with van der Waals surface area (Å²) in [6.45, 7) is -0.220. The number of rotatable bonds is 4. The number of hydrogen-bond donors (Lipinski definition) is 4. The normalized spacial score (nSPS) is 11.8. The van der Waals surface area contributed by atoms with Gasteiger partial charge in [-0.1, -0.05) is 0 Å². The van der Waals surface area contributed by atoms with Crippen LogP contribution in [0.4, 0.5) is 11.4 Å². The van der Waals surface area contributed by atoms with Crippen molar-refractivity contribution in [1.82, 2.24) is 0 Å².